The van der Waals surface area contributed by atoms with Gasteiger partial charge in [-0.25, -0.2) is 4.68 Å². The lowest BCUT2D eigenvalue weighted by molar-refractivity contribution is 0.191. The van der Waals surface area contributed by atoms with E-state index in [0.717, 1.165) is 5.69 Å². The van der Waals surface area contributed by atoms with Gasteiger partial charge in [-0.2, -0.15) is 5.10 Å². The number of aliphatic hydroxyl groups is 1. The van der Waals surface area contributed by atoms with E-state index in [0.29, 0.717) is 5.92 Å². The van der Waals surface area contributed by atoms with Crippen LogP contribution in [0.25, 0.3) is 10.6 Å². The van der Waals surface area contributed by atoms with E-state index in [1.807, 2.05) is 11.4 Å². The fraction of sp³-hybridized carbons (Fsp3) is 0.364. The first-order valence-corrected chi connectivity index (χ1v) is 5.99. The Labute approximate surface area is 92.0 Å². The maximum absolute atomic E-state index is 9.21. The van der Waals surface area contributed by atoms with Crippen molar-refractivity contribution in [1.82, 2.24) is 9.78 Å². The maximum atomic E-state index is 9.21. The number of hydrogen-bond donors (Lipinski definition) is 1. The lowest BCUT2D eigenvalue weighted by Gasteiger charge is -1.99. The third-order valence-corrected chi connectivity index (χ3v) is 3.61. The van der Waals surface area contributed by atoms with E-state index >= 15 is 0 Å². The zero-order valence-electron chi connectivity index (χ0n) is 8.26. The first kappa shape index (κ1) is 9.12. The zero-order valence-corrected chi connectivity index (χ0v) is 9.07. The van der Waals surface area contributed by atoms with Crippen LogP contribution < -0.4 is 0 Å². The highest BCUT2D eigenvalue weighted by Gasteiger charge is 2.28. The highest BCUT2D eigenvalue weighted by Crippen LogP contribution is 2.41. The normalized spacial score (nSPS) is 15.8. The molecule has 0 aliphatic heterocycles. The van der Waals surface area contributed by atoms with E-state index in [-0.39, 0.29) is 6.73 Å². The van der Waals surface area contributed by atoms with Crippen molar-refractivity contribution in [3.8, 4) is 10.6 Å². The van der Waals surface area contributed by atoms with Gasteiger partial charge in [0.25, 0.3) is 0 Å². The number of rotatable bonds is 3. The highest BCUT2D eigenvalue weighted by atomic mass is 32.1. The van der Waals surface area contributed by atoms with Crippen molar-refractivity contribution in [2.45, 2.75) is 25.5 Å². The predicted molar refractivity (Wildman–Crippen MR) is 59.7 cm³/mol. The number of nitrogens with zero attached hydrogens (tertiary/aromatic N) is 2. The molecule has 0 unspecified atom stereocenters. The monoisotopic (exact) mass is 220 g/mol. The van der Waals surface area contributed by atoms with Crippen molar-refractivity contribution in [3.05, 3.63) is 29.3 Å². The molecule has 15 heavy (non-hydrogen) atoms. The second-order valence-electron chi connectivity index (χ2n) is 3.85. The average molecular weight is 220 g/mol. The van der Waals surface area contributed by atoms with Crippen LogP contribution in [0.5, 0.6) is 0 Å². The van der Waals surface area contributed by atoms with Gasteiger partial charge in [-0.3, -0.25) is 0 Å². The summed E-state index contributed by atoms with van der Waals surface area (Å²) in [6.45, 7) is -0.0167. The van der Waals surface area contributed by atoms with Crippen molar-refractivity contribution in [2.24, 2.45) is 0 Å². The number of aliphatic hydroxyl groups excluding tert-OH is 1. The smallest absolute Gasteiger partial charge is 0.136 e. The van der Waals surface area contributed by atoms with Crippen LogP contribution in [-0.2, 0) is 6.73 Å². The van der Waals surface area contributed by atoms with Crippen molar-refractivity contribution >= 4 is 11.3 Å². The molecule has 2 heterocycles. The summed E-state index contributed by atoms with van der Waals surface area (Å²) in [7, 11) is 0. The van der Waals surface area contributed by atoms with E-state index in [4.69, 9.17) is 0 Å². The Morgan fingerprint density at radius 3 is 3.00 bits per heavy atom. The molecular formula is C11H12N2OS. The van der Waals surface area contributed by atoms with E-state index < -0.39 is 0 Å². The van der Waals surface area contributed by atoms with Crippen LogP contribution in [0.4, 0.5) is 0 Å². The first-order valence-electron chi connectivity index (χ1n) is 5.11. The molecule has 0 amide bonds. The number of aromatic nitrogens is 2. The van der Waals surface area contributed by atoms with E-state index in [2.05, 4.69) is 17.2 Å². The minimum Gasteiger partial charge on any atom is -0.374 e. The minimum atomic E-state index is -0.0167. The molecule has 3 rings (SSSR count). The first-order chi connectivity index (χ1) is 7.38. The summed E-state index contributed by atoms with van der Waals surface area (Å²) in [4.78, 5) is 1.17. The molecule has 1 aliphatic carbocycles. The minimum absolute atomic E-state index is 0.0167. The van der Waals surface area contributed by atoms with Gasteiger partial charge in [-0.1, -0.05) is 6.07 Å². The summed E-state index contributed by atoms with van der Waals surface area (Å²) in [6.07, 6.45) is 2.46. The summed E-state index contributed by atoms with van der Waals surface area (Å²) in [5.41, 5.74) is 2.17. The summed E-state index contributed by atoms with van der Waals surface area (Å²) >= 11 is 1.68. The molecule has 0 saturated heterocycles. The Balaban J connectivity index is 2.03. The lowest BCUT2D eigenvalue weighted by Crippen LogP contribution is -2.02. The molecule has 78 valence electrons. The van der Waals surface area contributed by atoms with Crippen LogP contribution in [-0.4, -0.2) is 14.9 Å². The fourth-order valence-electron chi connectivity index (χ4n) is 1.80. The van der Waals surface area contributed by atoms with E-state index in [9.17, 15) is 5.11 Å². The van der Waals surface area contributed by atoms with Gasteiger partial charge in [-0.05, 0) is 30.4 Å². The van der Waals surface area contributed by atoms with E-state index in [1.165, 1.54) is 23.4 Å². The Morgan fingerprint density at radius 1 is 1.53 bits per heavy atom. The zero-order chi connectivity index (χ0) is 10.3. The second-order valence-corrected chi connectivity index (χ2v) is 4.79. The Kier molecular flexibility index (Phi) is 2.11. The molecule has 2 aromatic rings. The van der Waals surface area contributed by atoms with Gasteiger partial charge < -0.3 is 5.11 Å². The molecule has 0 radical (unpaired) electrons. The highest BCUT2D eigenvalue weighted by molar-refractivity contribution is 7.13. The van der Waals surface area contributed by atoms with Crippen LogP contribution in [0, 0.1) is 0 Å². The van der Waals surface area contributed by atoms with Gasteiger partial charge in [0.1, 0.15) is 12.4 Å². The molecule has 0 spiro atoms. The quantitative estimate of drug-likeness (QED) is 0.862. The van der Waals surface area contributed by atoms with Gasteiger partial charge in [0.2, 0.25) is 0 Å². The molecule has 1 saturated carbocycles. The molecule has 1 fully saturated rings. The molecule has 4 heteroatoms. The standard InChI is InChI=1S/C11H12N2OS/c14-7-13-10(8-3-4-8)6-9(12-13)11-2-1-5-15-11/h1-2,5-6,8,14H,3-4,7H2. The number of hydrogen-bond acceptors (Lipinski definition) is 3. The Bertz CT molecular complexity index is 457. The van der Waals surface area contributed by atoms with Crippen LogP contribution in [0.1, 0.15) is 24.5 Å². The third kappa shape index (κ3) is 1.60. The SMILES string of the molecule is OCn1nc(-c2cccs2)cc1C1CC1. The third-order valence-electron chi connectivity index (χ3n) is 2.71. The summed E-state index contributed by atoms with van der Waals surface area (Å²) in [5, 5.41) is 15.7. The molecule has 0 atom stereocenters. The largest absolute Gasteiger partial charge is 0.374 e. The van der Waals surface area contributed by atoms with Crippen LogP contribution in [0.2, 0.25) is 0 Å². The Morgan fingerprint density at radius 2 is 2.40 bits per heavy atom. The second kappa shape index (κ2) is 3.47. The van der Waals surface area contributed by atoms with Gasteiger partial charge in [0, 0.05) is 11.6 Å². The maximum Gasteiger partial charge on any atom is 0.136 e. The van der Waals surface area contributed by atoms with Crippen LogP contribution >= 0.6 is 11.3 Å². The summed E-state index contributed by atoms with van der Waals surface area (Å²) in [6, 6.07) is 6.19. The van der Waals surface area contributed by atoms with Crippen LogP contribution in [0.15, 0.2) is 23.6 Å². The molecule has 0 aromatic carbocycles. The van der Waals surface area contributed by atoms with Gasteiger partial charge in [0.15, 0.2) is 0 Å². The molecular weight excluding hydrogens is 208 g/mol. The van der Waals surface area contributed by atoms with Gasteiger partial charge in [0.05, 0.1) is 4.88 Å². The predicted octanol–water partition coefficient (Wildman–Crippen LogP) is 2.44. The van der Waals surface area contributed by atoms with Crippen molar-refractivity contribution < 1.29 is 5.11 Å². The van der Waals surface area contributed by atoms with E-state index in [1.54, 1.807) is 16.0 Å². The fourth-order valence-corrected chi connectivity index (χ4v) is 2.48. The molecule has 3 nitrogen and oxygen atoms in total. The topological polar surface area (TPSA) is 38.0 Å². The van der Waals surface area contributed by atoms with Crippen molar-refractivity contribution in [2.75, 3.05) is 0 Å². The summed E-state index contributed by atoms with van der Waals surface area (Å²) < 4.78 is 1.72. The lowest BCUT2D eigenvalue weighted by atomic mass is 10.2. The van der Waals surface area contributed by atoms with Crippen LogP contribution in [0.3, 0.4) is 0 Å². The molecule has 0 bridgehead atoms. The average Bonchev–Trinajstić information content (AvgIpc) is 2.83. The van der Waals surface area contributed by atoms with Crippen molar-refractivity contribution in [3.63, 3.8) is 0 Å². The Hall–Kier alpha value is -1.13. The van der Waals surface area contributed by atoms with Gasteiger partial charge >= 0.3 is 0 Å². The molecule has 1 N–H and O–H groups in total. The summed E-state index contributed by atoms with van der Waals surface area (Å²) in [5.74, 6) is 0.623. The van der Waals surface area contributed by atoms with Gasteiger partial charge in [-0.15, -0.1) is 11.3 Å². The van der Waals surface area contributed by atoms with Crippen molar-refractivity contribution in [1.29, 1.82) is 0 Å². The molecule has 2 aromatic heterocycles. The number of thiophene rings is 1. The molecule has 1 aliphatic rings.